The molecule has 0 aromatic carbocycles. The first-order valence-electron chi connectivity index (χ1n) is 12.4. The first-order chi connectivity index (χ1) is 15.9. The van der Waals surface area contributed by atoms with Crippen LogP contribution in [0.2, 0.25) is 0 Å². The van der Waals surface area contributed by atoms with Gasteiger partial charge in [-0.1, -0.05) is 0 Å². The Bertz CT molecular complexity index is 994. The summed E-state index contributed by atoms with van der Waals surface area (Å²) in [5.74, 6) is 4.17. The predicted molar refractivity (Wildman–Crippen MR) is 126 cm³/mol. The minimum Gasteiger partial charge on any atom is -0.476 e. The summed E-state index contributed by atoms with van der Waals surface area (Å²) in [7, 11) is 2.15. The number of aromatic amines is 1. The number of nitrogens with zero attached hydrogens (tertiary/aromatic N) is 4. The third-order valence-electron chi connectivity index (χ3n) is 8.30. The molecular weight excluding hydrogens is 418 g/mol. The lowest BCUT2D eigenvalue weighted by atomic mass is 9.52. The van der Waals surface area contributed by atoms with E-state index in [4.69, 9.17) is 14.7 Å². The minimum absolute atomic E-state index is 0.304. The Kier molecular flexibility index (Phi) is 5.21. The zero-order valence-corrected chi connectivity index (χ0v) is 19.5. The number of anilines is 3. The molecule has 2 aromatic rings. The van der Waals surface area contributed by atoms with Crippen molar-refractivity contribution < 1.29 is 9.84 Å². The molecule has 9 heteroatoms. The molecule has 4 aliphatic carbocycles. The van der Waals surface area contributed by atoms with Gasteiger partial charge >= 0.3 is 0 Å². The summed E-state index contributed by atoms with van der Waals surface area (Å²) in [5.41, 5.74) is 0.537. The van der Waals surface area contributed by atoms with Gasteiger partial charge in [0.2, 0.25) is 11.8 Å². The second-order valence-corrected chi connectivity index (χ2v) is 10.9. The van der Waals surface area contributed by atoms with Crippen LogP contribution in [-0.4, -0.2) is 68.1 Å². The van der Waals surface area contributed by atoms with Crippen LogP contribution in [0, 0.1) is 24.7 Å². The van der Waals surface area contributed by atoms with Crippen molar-refractivity contribution in [2.24, 2.45) is 17.8 Å². The lowest BCUT2D eigenvalue weighted by Gasteiger charge is -2.58. The van der Waals surface area contributed by atoms with Gasteiger partial charge in [-0.05, 0) is 83.2 Å². The number of likely N-dealkylation sites (N-methyl/N-ethyl adjacent to an activating group) is 1. The smallest absolute Gasteiger partial charge is 0.228 e. The number of hydrogen-bond donors (Lipinski definition) is 4. The second-order valence-electron chi connectivity index (χ2n) is 10.9. The Morgan fingerprint density at radius 3 is 2.67 bits per heavy atom. The largest absolute Gasteiger partial charge is 0.476 e. The topological polar surface area (TPSA) is 111 Å². The Morgan fingerprint density at radius 2 is 2.00 bits per heavy atom. The monoisotopic (exact) mass is 453 g/mol. The summed E-state index contributed by atoms with van der Waals surface area (Å²) < 4.78 is 6.17. The highest BCUT2D eigenvalue weighted by molar-refractivity contribution is 5.55. The van der Waals surface area contributed by atoms with Crippen molar-refractivity contribution in [2.75, 3.05) is 30.8 Å². The van der Waals surface area contributed by atoms with E-state index in [9.17, 15) is 5.11 Å². The van der Waals surface area contributed by atoms with Gasteiger partial charge < -0.3 is 25.4 Å². The van der Waals surface area contributed by atoms with E-state index in [2.05, 4.69) is 32.8 Å². The maximum atomic E-state index is 10.9. The normalized spacial score (nSPS) is 35.2. The van der Waals surface area contributed by atoms with E-state index in [1.54, 1.807) is 0 Å². The molecule has 4 bridgehead atoms. The van der Waals surface area contributed by atoms with Crippen molar-refractivity contribution in [3.05, 3.63) is 17.8 Å². The van der Waals surface area contributed by atoms with Crippen molar-refractivity contribution in [3.63, 3.8) is 0 Å². The van der Waals surface area contributed by atoms with E-state index in [1.165, 1.54) is 19.3 Å². The molecule has 0 radical (unpaired) electrons. The van der Waals surface area contributed by atoms with Crippen LogP contribution in [0.5, 0.6) is 5.88 Å². The Hall–Kier alpha value is -2.39. The first-order valence-corrected chi connectivity index (χ1v) is 12.4. The molecular formula is C24H35N7O2. The highest BCUT2D eigenvalue weighted by Gasteiger charge is 2.54. The van der Waals surface area contributed by atoms with Gasteiger partial charge in [0.05, 0.1) is 5.60 Å². The fourth-order valence-electron chi connectivity index (χ4n) is 6.98. The third-order valence-corrected chi connectivity index (χ3v) is 8.30. The number of nitrogens with one attached hydrogen (secondary N) is 3. The number of rotatable bonds is 7. The zero-order valence-electron chi connectivity index (χ0n) is 19.5. The van der Waals surface area contributed by atoms with Crippen molar-refractivity contribution in [2.45, 2.75) is 69.6 Å². The van der Waals surface area contributed by atoms with Crippen molar-refractivity contribution >= 4 is 17.6 Å². The molecule has 1 saturated heterocycles. The molecule has 1 aliphatic heterocycles. The van der Waals surface area contributed by atoms with Gasteiger partial charge in [0, 0.05) is 29.9 Å². The predicted octanol–water partition coefficient (Wildman–Crippen LogP) is 3.08. The van der Waals surface area contributed by atoms with Crippen LogP contribution in [0.25, 0.3) is 0 Å². The zero-order chi connectivity index (χ0) is 22.6. The third kappa shape index (κ3) is 4.28. The van der Waals surface area contributed by atoms with Crippen molar-refractivity contribution in [1.29, 1.82) is 0 Å². The van der Waals surface area contributed by atoms with Crippen LogP contribution in [0.1, 0.15) is 50.6 Å². The average Bonchev–Trinajstić information content (AvgIpc) is 3.35. The molecule has 5 aliphatic rings. The van der Waals surface area contributed by atoms with Crippen LogP contribution < -0.4 is 15.4 Å². The molecule has 3 unspecified atom stereocenters. The fraction of sp³-hybridized carbons (Fsp3) is 0.708. The Balaban J connectivity index is 1.22. The molecule has 178 valence electrons. The van der Waals surface area contributed by atoms with E-state index in [0.717, 1.165) is 43.7 Å². The van der Waals surface area contributed by atoms with Gasteiger partial charge in [0.15, 0.2) is 5.82 Å². The van der Waals surface area contributed by atoms with Gasteiger partial charge in [0.1, 0.15) is 12.4 Å². The molecule has 7 rings (SSSR count). The van der Waals surface area contributed by atoms with Crippen LogP contribution >= 0.6 is 0 Å². The fourth-order valence-corrected chi connectivity index (χ4v) is 6.98. The van der Waals surface area contributed by atoms with Gasteiger partial charge in [-0.3, -0.25) is 5.10 Å². The first kappa shape index (κ1) is 21.2. The number of H-pyrrole nitrogens is 1. The molecule has 9 nitrogen and oxygen atoms in total. The number of aliphatic hydroxyl groups is 1. The van der Waals surface area contributed by atoms with Crippen LogP contribution in [0.4, 0.5) is 17.6 Å². The van der Waals surface area contributed by atoms with E-state index in [1.807, 2.05) is 19.1 Å². The lowest BCUT2D eigenvalue weighted by Crippen LogP contribution is -2.59. The van der Waals surface area contributed by atoms with Crippen LogP contribution in [-0.2, 0) is 0 Å². The summed E-state index contributed by atoms with van der Waals surface area (Å²) in [6, 6.07) is 4.52. The van der Waals surface area contributed by atoms with E-state index in [0.29, 0.717) is 54.1 Å². The number of ether oxygens (including phenoxy) is 1. The van der Waals surface area contributed by atoms with E-state index in [-0.39, 0.29) is 0 Å². The minimum atomic E-state index is -0.446. The molecule has 3 atom stereocenters. The van der Waals surface area contributed by atoms with Crippen molar-refractivity contribution in [1.82, 2.24) is 25.1 Å². The van der Waals surface area contributed by atoms with E-state index >= 15 is 0 Å². The SMILES string of the molecule is Cc1cc(Nc2cc(OCC3CCCN3C)nc(NC3C4CC5CC3CC(O)(C5)C4)n2)n[nH]1. The molecule has 4 N–H and O–H groups in total. The summed E-state index contributed by atoms with van der Waals surface area (Å²) in [6.07, 6.45) is 7.51. The van der Waals surface area contributed by atoms with Crippen LogP contribution in [0.3, 0.4) is 0 Å². The number of hydrogen-bond acceptors (Lipinski definition) is 8. The lowest BCUT2D eigenvalue weighted by molar-refractivity contribution is -0.129. The standard InChI is InChI=1S/C24H35N7O2/c1-14-6-20(30-29-14)25-19-9-21(33-13-18-4-3-5-31(18)2)27-23(26-19)28-22-16-7-15-8-17(22)12-24(32,10-15)11-16/h6,9,15-18,22,32H,3-5,7-8,10-13H2,1-2H3,(H3,25,26,27,28,29,30). The number of aryl methyl sites for hydroxylation is 1. The highest BCUT2D eigenvalue weighted by Crippen LogP contribution is 2.56. The maximum Gasteiger partial charge on any atom is 0.228 e. The quantitative estimate of drug-likeness (QED) is 0.506. The average molecular weight is 454 g/mol. The summed E-state index contributed by atoms with van der Waals surface area (Å²) >= 11 is 0. The molecule has 0 spiro atoms. The molecule has 5 fully saturated rings. The maximum absolute atomic E-state index is 10.9. The number of aromatic nitrogens is 4. The van der Waals surface area contributed by atoms with Gasteiger partial charge in [0.25, 0.3) is 0 Å². The Labute approximate surface area is 194 Å². The van der Waals surface area contributed by atoms with E-state index < -0.39 is 5.60 Å². The summed E-state index contributed by atoms with van der Waals surface area (Å²) in [4.78, 5) is 11.9. The van der Waals surface area contributed by atoms with Gasteiger partial charge in [-0.15, -0.1) is 0 Å². The molecule has 33 heavy (non-hydrogen) atoms. The highest BCUT2D eigenvalue weighted by atomic mass is 16.5. The number of likely N-dealkylation sites (tertiary alicyclic amines) is 1. The molecule has 3 heterocycles. The summed E-state index contributed by atoms with van der Waals surface area (Å²) in [5, 5.41) is 25.1. The van der Waals surface area contributed by atoms with Gasteiger partial charge in [-0.2, -0.15) is 15.1 Å². The summed E-state index contributed by atoms with van der Waals surface area (Å²) in [6.45, 7) is 3.71. The molecule has 2 aromatic heterocycles. The second kappa shape index (κ2) is 8.13. The van der Waals surface area contributed by atoms with Crippen LogP contribution in [0.15, 0.2) is 12.1 Å². The molecule has 0 amide bonds. The van der Waals surface area contributed by atoms with Crippen molar-refractivity contribution in [3.8, 4) is 5.88 Å². The Morgan fingerprint density at radius 1 is 1.18 bits per heavy atom. The van der Waals surface area contributed by atoms with Gasteiger partial charge in [-0.25, -0.2) is 0 Å². The molecule has 4 saturated carbocycles.